The van der Waals surface area contributed by atoms with Crippen LogP contribution in [0.1, 0.15) is 46.5 Å². The summed E-state index contributed by atoms with van der Waals surface area (Å²) in [6, 6.07) is 0. The number of rotatable bonds is 2. The Morgan fingerprint density at radius 3 is 2.44 bits per heavy atom. The molecule has 16 heavy (non-hydrogen) atoms. The van der Waals surface area contributed by atoms with Crippen LogP contribution in [-0.2, 0) is 0 Å². The Hall–Kier alpha value is -0.0800. The largest absolute Gasteiger partial charge is 0.329 e. The first-order chi connectivity index (χ1) is 7.58. The summed E-state index contributed by atoms with van der Waals surface area (Å²) in [7, 11) is 0. The number of nitrogens with two attached hydrogens (primary N) is 1. The Balaban J connectivity index is 2.12. The van der Waals surface area contributed by atoms with Crippen molar-refractivity contribution < 1.29 is 0 Å². The van der Waals surface area contributed by atoms with Gasteiger partial charge in [-0.2, -0.15) is 0 Å². The van der Waals surface area contributed by atoms with E-state index < -0.39 is 0 Å². The van der Waals surface area contributed by atoms with Crippen LogP contribution in [0.3, 0.4) is 0 Å². The summed E-state index contributed by atoms with van der Waals surface area (Å²) in [5.74, 6) is 2.54. The summed E-state index contributed by atoms with van der Waals surface area (Å²) in [5, 5.41) is 0. The van der Waals surface area contributed by atoms with Gasteiger partial charge >= 0.3 is 0 Å². The van der Waals surface area contributed by atoms with Gasteiger partial charge in [0.1, 0.15) is 0 Å². The van der Waals surface area contributed by atoms with E-state index >= 15 is 0 Å². The van der Waals surface area contributed by atoms with Gasteiger partial charge in [0.05, 0.1) is 0 Å². The molecular weight excluding hydrogens is 196 g/mol. The normalized spacial score (nSPS) is 46.1. The van der Waals surface area contributed by atoms with Crippen molar-refractivity contribution >= 4 is 0 Å². The van der Waals surface area contributed by atoms with Crippen molar-refractivity contribution in [2.24, 2.45) is 23.5 Å². The molecule has 4 unspecified atom stereocenters. The van der Waals surface area contributed by atoms with Crippen LogP contribution in [0.5, 0.6) is 0 Å². The molecule has 94 valence electrons. The molecule has 1 aliphatic heterocycles. The average molecular weight is 224 g/mol. The van der Waals surface area contributed by atoms with E-state index in [4.69, 9.17) is 5.73 Å². The third-order valence-electron chi connectivity index (χ3n) is 5.15. The monoisotopic (exact) mass is 224 g/mol. The molecule has 0 aromatic carbocycles. The van der Waals surface area contributed by atoms with E-state index in [9.17, 15) is 0 Å². The fraction of sp³-hybridized carbons (Fsp3) is 1.00. The second-order valence-electron chi connectivity index (χ2n) is 6.43. The van der Waals surface area contributed by atoms with Crippen molar-refractivity contribution in [1.29, 1.82) is 0 Å². The van der Waals surface area contributed by atoms with Gasteiger partial charge in [0.25, 0.3) is 0 Å². The minimum absolute atomic E-state index is 0.331. The van der Waals surface area contributed by atoms with Gasteiger partial charge in [-0.1, -0.05) is 20.8 Å². The van der Waals surface area contributed by atoms with Gasteiger partial charge in [0, 0.05) is 18.6 Å². The Bertz CT molecular complexity index is 241. The number of hydrogen-bond acceptors (Lipinski definition) is 2. The zero-order chi connectivity index (χ0) is 11.8. The first kappa shape index (κ1) is 12.4. The maximum atomic E-state index is 6.16. The molecule has 2 aliphatic rings. The lowest BCUT2D eigenvalue weighted by molar-refractivity contribution is 0.0143. The topological polar surface area (TPSA) is 29.3 Å². The summed E-state index contributed by atoms with van der Waals surface area (Å²) < 4.78 is 0. The molecule has 2 N–H and O–H groups in total. The lowest BCUT2D eigenvalue weighted by Gasteiger charge is -2.50. The van der Waals surface area contributed by atoms with E-state index in [0.29, 0.717) is 5.54 Å². The second kappa shape index (κ2) is 4.66. The van der Waals surface area contributed by atoms with Crippen molar-refractivity contribution in [3.05, 3.63) is 0 Å². The van der Waals surface area contributed by atoms with Crippen LogP contribution in [0, 0.1) is 17.8 Å². The summed E-state index contributed by atoms with van der Waals surface area (Å²) in [5.41, 5.74) is 6.49. The molecule has 0 spiro atoms. The zero-order valence-electron chi connectivity index (χ0n) is 11.2. The third kappa shape index (κ3) is 2.02. The second-order valence-corrected chi connectivity index (χ2v) is 6.43. The van der Waals surface area contributed by atoms with E-state index in [0.717, 1.165) is 24.3 Å². The molecule has 0 radical (unpaired) electrons. The van der Waals surface area contributed by atoms with Crippen LogP contribution in [0.25, 0.3) is 0 Å². The average Bonchev–Trinajstić information content (AvgIpc) is 2.66. The fourth-order valence-corrected chi connectivity index (χ4v) is 3.93. The minimum atomic E-state index is 0.331. The maximum Gasteiger partial charge on any atom is 0.0357 e. The Morgan fingerprint density at radius 1 is 1.19 bits per heavy atom. The zero-order valence-corrected chi connectivity index (χ0v) is 11.2. The number of nitrogens with zero attached hydrogens (tertiary/aromatic N) is 1. The van der Waals surface area contributed by atoms with E-state index in [-0.39, 0.29) is 0 Å². The van der Waals surface area contributed by atoms with Gasteiger partial charge in [0.15, 0.2) is 0 Å². The molecule has 2 rings (SSSR count). The molecule has 1 saturated heterocycles. The van der Waals surface area contributed by atoms with Crippen molar-refractivity contribution in [3.63, 3.8) is 0 Å². The van der Waals surface area contributed by atoms with Crippen molar-refractivity contribution in [2.45, 2.75) is 52.0 Å². The summed E-state index contributed by atoms with van der Waals surface area (Å²) >= 11 is 0. The van der Waals surface area contributed by atoms with E-state index in [2.05, 4.69) is 25.7 Å². The Kier molecular flexibility index (Phi) is 3.60. The predicted octanol–water partition coefficient (Wildman–Crippen LogP) is 2.48. The first-order valence-electron chi connectivity index (χ1n) is 7.03. The van der Waals surface area contributed by atoms with Gasteiger partial charge < -0.3 is 5.73 Å². The lowest BCUT2D eigenvalue weighted by Crippen LogP contribution is -2.59. The van der Waals surface area contributed by atoms with Crippen molar-refractivity contribution in [2.75, 3.05) is 19.6 Å². The highest BCUT2D eigenvalue weighted by molar-refractivity contribution is 5.01. The molecule has 2 fully saturated rings. The van der Waals surface area contributed by atoms with Gasteiger partial charge in [-0.25, -0.2) is 0 Å². The van der Waals surface area contributed by atoms with Crippen LogP contribution in [0.15, 0.2) is 0 Å². The van der Waals surface area contributed by atoms with E-state index in [1.165, 1.54) is 38.8 Å². The highest BCUT2D eigenvalue weighted by Gasteiger charge is 2.45. The van der Waals surface area contributed by atoms with Gasteiger partial charge in [-0.15, -0.1) is 0 Å². The molecule has 0 aromatic heterocycles. The molecule has 0 aromatic rings. The Labute approximate surface area is 101 Å². The predicted molar refractivity (Wildman–Crippen MR) is 69.3 cm³/mol. The smallest absolute Gasteiger partial charge is 0.0357 e. The summed E-state index contributed by atoms with van der Waals surface area (Å²) in [4.78, 5) is 2.72. The van der Waals surface area contributed by atoms with Crippen LogP contribution in [0.4, 0.5) is 0 Å². The molecule has 4 atom stereocenters. The van der Waals surface area contributed by atoms with Crippen molar-refractivity contribution in [1.82, 2.24) is 4.90 Å². The molecule has 2 heteroatoms. The van der Waals surface area contributed by atoms with E-state index in [1.807, 2.05) is 0 Å². The molecule has 0 amide bonds. The molecule has 1 aliphatic carbocycles. The molecule has 1 saturated carbocycles. The number of hydrogen-bond donors (Lipinski definition) is 1. The molecule has 1 heterocycles. The molecular formula is C14H28N2. The summed E-state index contributed by atoms with van der Waals surface area (Å²) in [6.45, 7) is 10.6. The van der Waals surface area contributed by atoms with Gasteiger partial charge in [-0.05, 0) is 50.0 Å². The maximum absolute atomic E-state index is 6.16. The highest BCUT2D eigenvalue weighted by atomic mass is 15.2. The van der Waals surface area contributed by atoms with Crippen LogP contribution < -0.4 is 5.73 Å². The summed E-state index contributed by atoms with van der Waals surface area (Å²) in [6.07, 6.45) is 5.41. The first-order valence-corrected chi connectivity index (χ1v) is 7.03. The standard InChI is InChI=1S/C14H28N2/c1-11-4-6-14(10-15,13(3)8-11)16-7-5-12(2)9-16/h11-13H,4-10,15H2,1-3H3. The molecule has 0 bridgehead atoms. The Morgan fingerprint density at radius 2 is 1.94 bits per heavy atom. The van der Waals surface area contributed by atoms with Gasteiger partial charge in [0.2, 0.25) is 0 Å². The van der Waals surface area contributed by atoms with Crippen LogP contribution in [0.2, 0.25) is 0 Å². The van der Waals surface area contributed by atoms with Crippen molar-refractivity contribution in [3.8, 4) is 0 Å². The van der Waals surface area contributed by atoms with Crippen LogP contribution >= 0.6 is 0 Å². The number of likely N-dealkylation sites (tertiary alicyclic amines) is 1. The highest BCUT2D eigenvalue weighted by Crippen LogP contribution is 2.42. The minimum Gasteiger partial charge on any atom is -0.329 e. The molecule has 2 nitrogen and oxygen atoms in total. The lowest BCUT2D eigenvalue weighted by atomic mass is 9.69. The third-order valence-corrected chi connectivity index (χ3v) is 5.15. The fourth-order valence-electron chi connectivity index (χ4n) is 3.93. The SMILES string of the molecule is CC1CCC(CN)(N2CCC(C)C2)C(C)C1. The van der Waals surface area contributed by atoms with Crippen LogP contribution in [-0.4, -0.2) is 30.1 Å². The van der Waals surface area contributed by atoms with E-state index in [1.54, 1.807) is 0 Å². The quantitative estimate of drug-likeness (QED) is 0.781. The van der Waals surface area contributed by atoms with Gasteiger partial charge in [-0.3, -0.25) is 4.90 Å².